The van der Waals surface area contributed by atoms with Crippen LogP contribution in [-0.2, 0) is 12.6 Å². The van der Waals surface area contributed by atoms with Crippen LogP contribution >= 0.6 is 0 Å². The zero-order valence-corrected chi connectivity index (χ0v) is 9.30. The van der Waals surface area contributed by atoms with Gasteiger partial charge in [0.15, 0.2) is 0 Å². The summed E-state index contributed by atoms with van der Waals surface area (Å²) in [6.45, 7) is 0. The van der Waals surface area contributed by atoms with Crippen molar-refractivity contribution in [3.8, 4) is 0 Å². The van der Waals surface area contributed by atoms with E-state index in [9.17, 15) is 13.2 Å². The maximum atomic E-state index is 12.6. The normalized spacial score (nSPS) is 31.4. The van der Waals surface area contributed by atoms with Crippen LogP contribution in [0.4, 0.5) is 13.2 Å². The third-order valence-corrected chi connectivity index (χ3v) is 4.21. The molecule has 1 aromatic carbocycles. The van der Waals surface area contributed by atoms with Gasteiger partial charge in [-0.05, 0) is 54.4 Å². The molecule has 1 aromatic rings. The fourth-order valence-electron chi connectivity index (χ4n) is 3.31. The number of nitrogens with two attached hydrogens (primary N) is 1. The van der Waals surface area contributed by atoms with Crippen molar-refractivity contribution >= 4 is 0 Å². The lowest BCUT2D eigenvalue weighted by molar-refractivity contribution is -0.137. The molecule has 0 saturated heterocycles. The van der Waals surface area contributed by atoms with E-state index in [1.165, 1.54) is 12.1 Å². The Morgan fingerprint density at radius 1 is 1.18 bits per heavy atom. The molecule has 2 N–H and O–H groups in total. The molecule has 0 heterocycles. The van der Waals surface area contributed by atoms with Crippen molar-refractivity contribution in [1.29, 1.82) is 0 Å². The van der Waals surface area contributed by atoms with Crippen LogP contribution in [-0.4, -0.2) is 6.04 Å². The molecule has 0 spiro atoms. The van der Waals surface area contributed by atoms with E-state index >= 15 is 0 Å². The van der Waals surface area contributed by atoms with Gasteiger partial charge in [-0.3, -0.25) is 0 Å². The number of fused-ring (bicyclic) bond motifs is 4. The van der Waals surface area contributed by atoms with Gasteiger partial charge in [0.05, 0.1) is 5.56 Å². The molecule has 4 heteroatoms. The Kier molecular flexibility index (Phi) is 2.27. The highest BCUT2D eigenvalue weighted by atomic mass is 19.4. The van der Waals surface area contributed by atoms with Gasteiger partial charge in [0.2, 0.25) is 0 Å². The van der Waals surface area contributed by atoms with Gasteiger partial charge in [-0.25, -0.2) is 0 Å². The van der Waals surface area contributed by atoms with E-state index in [2.05, 4.69) is 0 Å². The van der Waals surface area contributed by atoms with E-state index in [1.54, 1.807) is 6.07 Å². The van der Waals surface area contributed by atoms with Crippen LogP contribution in [0.3, 0.4) is 0 Å². The predicted octanol–water partition coefficient (Wildman–Crippen LogP) is 3.08. The monoisotopic (exact) mass is 241 g/mol. The quantitative estimate of drug-likeness (QED) is 0.742. The molecule has 1 fully saturated rings. The van der Waals surface area contributed by atoms with Crippen molar-refractivity contribution in [3.05, 3.63) is 34.9 Å². The van der Waals surface area contributed by atoms with Gasteiger partial charge in [-0.2, -0.15) is 13.2 Å². The van der Waals surface area contributed by atoms with Crippen molar-refractivity contribution in [2.45, 2.75) is 37.4 Å². The number of alkyl halides is 3. The van der Waals surface area contributed by atoms with Gasteiger partial charge in [0, 0.05) is 6.04 Å². The summed E-state index contributed by atoms with van der Waals surface area (Å²) in [4.78, 5) is 0. The Hall–Kier alpha value is -1.03. The Balaban J connectivity index is 2.04. The van der Waals surface area contributed by atoms with Crippen LogP contribution in [0.5, 0.6) is 0 Å². The number of hydrogen-bond donors (Lipinski definition) is 1. The first-order valence-electron chi connectivity index (χ1n) is 5.92. The van der Waals surface area contributed by atoms with Gasteiger partial charge in [-0.1, -0.05) is 6.07 Å². The molecule has 1 nitrogen and oxygen atoms in total. The first kappa shape index (κ1) is 11.1. The highest BCUT2D eigenvalue weighted by Gasteiger charge is 2.41. The summed E-state index contributed by atoms with van der Waals surface area (Å²) in [6, 6.07) is 4.26. The van der Waals surface area contributed by atoms with Crippen LogP contribution in [0, 0.1) is 5.92 Å². The lowest BCUT2D eigenvalue weighted by atomic mass is 9.79. The van der Waals surface area contributed by atoms with Gasteiger partial charge in [-0.15, -0.1) is 0 Å². The number of benzene rings is 1. The lowest BCUT2D eigenvalue weighted by Gasteiger charge is -2.29. The fraction of sp³-hybridized carbons (Fsp3) is 0.538. The molecule has 2 aliphatic carbocycles. The lowest BCUT2D eigenvalue weighted by Crippen LogP contribution is -2.35. The molecule has 17 heavy (non-hydrogen) atoms. The topological polar surface area (TPSA) is 26.0 Å². The van der Waals surface area contributed by atoms with Crippen molar-refractivity contribution < 1.29 is 13.2 Å². The molecule has 3 atom stereocenters. The summed E-state index contributed by atoms with van der Waals surface area (Å²) < 4.78 is 37.9. The van der Waals surface area contributed by atoms with Gasteiger partial charge >= 0.3 is 6.18 Å². The van der Waals surface area contributed by atoms with Crippen LogP contribution in [0.15, 0.2) is 18.2 Å². The number of halogens is 3. The maximum absolute atomic E-state index is 12.6. The van der Waals surface area contributed by atoms with Crippen molar-refractivity contribution in [2.24, 2.45) is 11.7 Å². The Morgan fingerprint density at radius 2 is 1.94 bits per heavy atom. The van der Waals surface area contributed by atoms with E-state index in [-0.39, 0.29) is 12.0 Å². The number of hydrogen-bond acceptors (Lipinski definition) is 1. The largest absolute Gasteiger partial charge is 0.416 e. The zero-order valence-electron chi connectivity index (χ0n) is 9.30. The van der Waals surface area contributed by atoms with Crippen molar-refractivity contribution in [2.75, 3.05) is 0 Å². The Morgan fingerprint density at radius 3 is 2.65 bits per heavy atom. The van der Waals surface area contributed by atoms with Crippen LogP contribution in [0.25, 0.3) is 0 Å². The first-order valence-corrected chi connectivity index (χ1v) is 5.92. The smallest absolute Gasteiger partial charge is 0.327 e. The van der Waals surface area contributed by atoms with E-state index < -0.39 is 11.7 Å². The molecular formula is C13H14F3N. The molecule has 3 rings (SSSR count). The molecule has 0 aliphatic heterocycles. The third-order valence-electron chi connectivity index (χ3n) is 4.21. The molecule has 2 aliphatic rings. The molecule has 2 bridgehead atoms. The fourth-order valence-corrected chi connectivity index (χ4v) is 3.31. The molecule has 2 unspecified atom stereocenters. The van der Waals surface area contributed by atoms with Gasteiger partial charge in [0.1, 0.15) is 0 Å². The molecule has 92 valence electrons. The second-order valence-electron chi connectivity index (χ2n) is 5.14. The molecule has 0 radical (unpaired) electrons. The summed E-state index contributed by atoms with van der Waals surface area (Å²) in [6.07, 6.45) is -1.48. The third kappa shape index (κ3) is 1.66. The maximum Gasteiger partial charge on any atom is 0.416 e. The Bertz CT molecular complexity index is 452. The summed E-state index contributed by atoms with van der Waals surface area (Å²) >= 11 is 0. The number of rotatable bonds is 0. The molecule has 0 amide bonds. The van der Waals surface area contributed by atoms with Gasteiger partial charge in [0.25, 0.3) is 0 Å². The predicted molar refractivity (Wildman–Crippen MR) is 58.6 cm³/mol. The molecule has 1 saturated carbocycles. The Labute approximate surface area is 97.8 Å². The summed E-state index contributed by atoms with van der Waals surface area (Å²) in [5.41, 5.74) is 7.46. The summed E-state index contributed by atoms with van der Waals surface area (Å²) in [5, 5.41) is 0. The molecular weight excluding hydrogens is 227 g/mol. The van der Waals surface area contributed by atoms with E-state index in [0.717, 1.165) is 24.0 Å². The van der Waals surface area contributed by atoms with Crippen molar-refractivity contribution in [1.82, 2.24) is 0 Å². The van der Waals surface area contributed by atoms with E-state index in [0.29, 0.717) is 12.3 Å². The van der Waals surface area contributed by atoms with Crippen LogP contribution in [0.1, 0.15) is 35.4 Å². The highest BCUT2D eigenvalue weighted by Crippen LogP contribution is 2.46. The summed E-state index contributed by atoms with van der Waals surface area (Å²) in [7, 11) is 0. The van der Waals surface area contributed by atoms with E-state index in [1.807, 2.05) is 0 Å². The molecule has 0 aromatic heterocycles. The van der Waals surface area contributed by atoms with Crippen molar-refractivity contribution in [3.63, 3.8) is 0 Å². The first-order chi connectivity index (χ1) is 7.97. The average molecular weight is 241 g/mol. The SMILES string of the molecule is N[C@@H]1C2CCC1c1ccc(C(F)(F)F)cc1C2. The van der Waals surface area contributed by atoms with E-state index in [4.69, 9.17) is 5.73 Å². The summed E-state index contributed by atoms with van der Waals surface area (Å²) in [5.74, 6) is 0.641. The van der Waals surface area contributed by atoms with Crippen LogP contribution in [0.2, 0.25) is 0 Å². The van der Waals surface area contributed by atoms with Gasteiger partial charge < -0.3 is 5.73 Å². The highest BCUT2D eigenvalue weighted by molar-refractivity contribution is 5.40. The average Bonchev–Trinajstić information content (AvgIpc) is 2.51. The minimum Gasteiger partial charge on any atom is -0.327 e. The minimum absolute atomic E-state index is 0.138. The second-order valence-corrected chi connectivity index (χ2v) is 5.14. The zero-order chi connectivity index (χ0) is 12.2. The van der Waals surface area contributed by atoms with Crippen LogP contribution < -0.4 is 5.73 Å². The standard InChI is InChI=1S/C13H14F3N/c14-13(15,16)9-2-4-10-8(6-9)5-7-1-3-11(10)12(7)17/h2,4,6-7,11-12H,1,3,5,17H2/t7?,11?,12-/m1/s1. The second kappa shape index (κ2) is 3.48. The minimum atomic E-state index is -4.24.